The summed E-state index contributed by atoms with van der Waals surface area (Å²) in [6.07, 6.45) is 0. The van der Waals surface area contributed by atoms with Crippen molar-refractivity contribution in [2.24, 2.45) is 0 Å². The quantitative estimate of drug-likeness (QED) is 0.761. The van der Waals surface area contributed by atoms with E-state index >= 15 is 0 Å². The molecule has 0 radical (unpaired) electrons. The smallest absolute Gasteiger partial charge is 0.265 e. The molecule has 0 aliphatic rings. The number of hydrogen-bond acceptors (Lipinski definition) is 5. The molecule has 5 heteroatoms. The molecule has 0 bridgehead atoms. The van der Waals surface area contributed by atoms with Gasteiger partial charge in [0.25, 0.3) is 4.06 Å². The first kappa shape index (κ1) is 12.6. The van der Waals surface area contributed by atoms with Crippen LogP contribution >= 0.6 is 46.2 Å². The normalized spacial score (nSPS) is 11.6. The van der Waals surface area contributed by atoms with E-state index in [4.69, 9.17) is 0 Å². The number of hydrogen-bond donors (Lipinski definition) is 0. The molecule has 1 rings (SSSR count). The van der Waals surface area contributed by atoms with Gasteiger partial charge >= 0.3 is 0 Å². The molecule has 1 heterocycles. The summed E-state index contributed by atoms with van der Waals surface area (Å²) in [6.45, 7) is 8.62. The van der Waals surface area contributed by atoms with Crippen molar-refractivity contribution in [3.05, 3.63) is 8.85 Å². The van der Waals surface area contributed by atoms with Crippen LogP contribution < -0.4 is 4.06 Å². The van der Waals surface area contributed by atoms with Crippen molar-refractivity contribution in [2.75, 3.05) is 0 Å². The lowest BCUT2D eigenvalue weighted by molar-refractivity contribution is 1.10. The predicted octanol–water partition coefficient (Wildman–Crippen LogP) is 4.17. The number of thioether (sulfide) groups is 2. The van der Waals surface area contributed by atoms with E-state index in [-0.39, 0.29) is 4.06 Å². The minimum Gasteiger partial charge on any atom is -0.265 e. The van der Waals surface area contributed by atoms with Crippen molar-refractivity contribution in [1.29, 1.82) is 0 Å². The summed E-state index contributed by atoms with van der Waals surface area (Å²) in [6, 6.07) is 0. The van der Waals surface area contributed by atoms with Gasteiger partial charge in [-0.25, -0.2) is 0 Å². The zero-order valence-electron chi connectivity index (χ0n) is 8.70. The maximum absolute atomic E-state index is 11.3. The van der Waals surface area contributed by atoms with Gasteiger partial charge in [-0.15, -0.1) is 23.5 Å². The summed E-state index contributed by atoms with van der Waals surface area (Å²) in [5.41, 5.74) is 0. The monoisotopic (exact) mass is 266 g/mol. The van der Waals surface area contributed by atoms with E-state index in [1.807, 2.05) is 0 Å². The van der Waals surface area contributed by atoms with Crippen LogP contribution in [0.5, 0.6) is 0 Å². The van der Waals surface area contributed by atoms with Gasteiger partial charge in [0.15, 0.2) is 0 Å². The van der Waals surface area contributed by atoms with Gasteiger partial charge in [-0.3, -0.25) is 4.79 Å². The SMILES string of the molecule is CC(C)Sc1sc(=O)sc1SC(C)C. The molecule has 0 aromatic carbocycles. The Labute approximate surface area is 101 Å². The van der Waals surface area contributed by atoms with Crippen molar-refractivity contribution in [3.63, 3.8) is 0 Å². The summed E-state index contributed by atoms with van der Waals surface area (Å²) >= 11 is 6.37. The van der Waals surface area contributed by atoms with Gasteiger partial charge in [0.05, 0.1) is 8.42 Å². The zero-order valence-corrected chi connectivity index (χ0v) is 12.0. The van der Waals surface area contributed by atoms with Crippen LogP contribution in [0.1, 0.15) is 27.7 Å². The predicted molar refractivity (Wildman–Crippen MR) is 70.5 cm³/mol. The highest BCUT2D eigenvalue weighted by atomic mass is 32.2. The van der Waals surface area contributed by atoms with Gasteiger partial charge in [0, 0.05) is 10.5 Å². The summed E-state index contributed by atoms with van der Waals surface area (Å²) < 4.78 is 2.62. The molecule has 0 saturated carbocycles. The standard InChI is InChI=1S/C9H14OS4/c1-5(2)11-7-8(12-6(3)4)14-9(10)13-7/h5-6H,1-4H3. The Morgan fingerprint density at radius 2 is 1.29 bits per heavy atom. The van der Waals surface area contributed by atoms with Crippen molar-refractivity contribution >= 4 is 46.2 Å². The minimum absolute atomic E-state index is 0.219. The second-order valence-electron chi connectivity index (χ2n) is 3.36. The summed E-state index contributed by atoms with van der Waals surface area (Å²) in [5, 5.41) is 1.10. The molecule has 0 unspecified atom stereocenters. The Morgan fingerprint density at radius 1 is 0.929 bits per heavy atom. The molecule has 1 nitrogen and oxygen atoms in total. The topological polar surface area (TPSA) is 17.1 Å². The highest BCUT2D eigenvalue weighted by Crippen LogP contribution is 2.39. The molecular formula is C9H14OS4. The Balaban J connectivity index is 2.85. The largest absolute Gasteiger partial charge is 0.289 e. The highest BCUT2D eigenvalue weighted by molar-refractivity contribution is 8.05. The van der Waals surface area contributed by atoms with E-state index in [0.29, 0.717) is 10.5 Å². The molecule has 0 atom stereocenters. The molecule has 0 spiro atoms. The van der Waals surface area contributed by atoms with Crippen molar-refractivity contribution in [2.45, 2.75) is 46.6 Å². The van der Waals surface area contributed by atoms with Crippen molar-refractivity contribution in [1.82, 2.24) is 0 Å². The van der Waals surface area contributed by atoms with E-state index in [9.17, 15) is 4.79 Å². The zero-order chi connectivity index (χ0) is 10.7. The van der Waals surface area contributed by atoms with E-state index in [1.165, 1.54) is 31.1 Å². The first-order valence-electron chi connectivity index (χ1n) is 4.46. The van der Waals surface area contributed by atoms with Crippen LogP contribution in [-0.2, 0) is 0 Å². The van der Waals surface area contributed by atoms with Crippen LogP contribution in [0.4, 0.5) is 0 Å². The van der Waals surface area contributed by atoms with Crippen LogP contribution in [0.25, 0.3) is 0 Å². The maximum atomic E-state index is 11.3. The molecule has 0 amide bonds. The minimum atomic E-state index is 0.219. The Bertz CT molecular complexity index is 306. The lowest BCUT2D eigenvalue weighted by Gasteiger charge is -2.06. The lowest BCUT2D eigenvalue weighted by atomic mass is 10.6. The van der Waals surface area contributed by atoms with Gasteiger partial charge in [-0.1, -0.05) is 50.4 Å². The van der Waals surface area contributed by atoms with E-state index in [0.717, 1.165) is 0 Å². The van der Waals surface area contributed by atoms with Crippen LogP contribution in [0.3, 0.4) is 0 Å². The Kier molecular flexibility index (Phi) is 5.03. The lowest BCUT2D eigenvalue weighted by Crippen LogP contribution is -1.87. The van der Waals surface area contributed by atoms with Crippen molar-refractivity contribution < 1.29 is 0 Å². The fourth-order valence-electron chi connectivity index (χ4n) is 0.828. The van der Waals surface area contributed by atoms with Crippen LogP contribution in [0.15, 0.2) is 13.2 Å². The van der Waals surface area contributed by atoms with Gasteiger partial charge < -0.3 is 0 Å². The highest BCUT2D eigenvalue weighted by Gasteiger charge is 2.12. The maximum Gasteiger partial charge on any atom is 0.289 e. The third-order valence-electron chi connectivity index (χ3n) is 1.20. The third kappa shape index (κ3) is 3.96. The molecule has 1 aromatic heterocycles. The van der Waals surface area contributed by atoms with Crippen LogP contribution in [0, 0.1) is 0 Å². The third-order valence-corrected chi connectivity index (χ3v) is 6.19. The first-order valence-corrected chi connectivity index (χ1v) is 7.85. The molecule has 14 heavy (non-hydrogen) atoms. The first-order chi connectivity index (χ1) is 6.49. The molecule has 0 aliphatic heterocycles. The van der Waals surface area contributed by atoms with Crippen LogP contribution in [0.2, 0.25) is 0 Å². The van der Waals surface area contributed by atoms with Gasteiger partial charge in [0.2, 0.25) is 0 Å². The molecular weight excluding hydrogens is 252 g/mol. The average molecular weight is 266 g/mol. The second kappa shape index (κ2) is 5.58. The molecule has 0 aliphatic carbocycles. The fourth-order valence-corrected chi connectivity index (χ4v) is 6.40. The Morgan fingerprint density at radius 3 is 1.57 bits per heavy atom. The average Bonchev–Trinajstić information content (AvgIpc) is 2.28. The molecule has 0 saturated heterocycles. The van der Waals surface area contributed by atoms with Crippen molar-refractivity contribution in [3.8, 4) is 0 Å². The van der Waals surface area contributed by atoms with Gasteiger partial charge in [-0.05, 0) is 0 Å². The second-order valence-corrected chi connectivity index (χ2v) is 9.28. The summed E-state index contributed by atoms with van der Waals surface area (Å²) in [4.78, 5) is 11.3. The van der Waals surface area contributed by atoms with Gasteiger partial charge in [0.1, 0.15) is 0 Å². The van der Waals surface area contributed by atoms with E-state index in [2.05, 4.69) is 27.7 Å². The fraction of sp³-hybridized carbons (Fsp3) is 0.667. The molecule has 80 valence electrons. The molecule has 0 N–H and O–H groups in total. The Hall–Kier alpha value is 0.550. The summed E-state index contributed by atoms with van der Waals surface area (Å²) in [7, 11) is 0. The molecule has 0 fully saturated rings. The van der Waals surface area contributed by atoms with E-state index in [1.54, 1.807) is 23.5 Å². The van der Waals surface area contributed by atoms with Gasteiger partial charge in [-0.2, -0.15) is 0 Å². The number of rotatable bonds is 4. The summed E-state index contributed by atoms with van der Waals surface area (Å²) in [5.74, 6) is 0. The molecule has 1 aromatic rings. The van der Waals surface area contributed by atoms with E-state index < -0.39 is 0 Å². The van der Waals surface area contributed by atoms with Crippen LogP contribution in [-0.4, -0.2) is 10.5 Å².